The number of hydrogen-bond acceptors (Lipinski definition) is 3. The summed E-state index contributed by atoms with van der Waals surface area (Å²) in [5.41, 5.74) is -2.03. The topological polar surface area (TPSA) is 55.1 Å². The molecule has 1 heterocycles. The molecule has 0 bridgehead atoms. The first-order valence-corrected chi connectivity index (χ1v) is 6.37. The van der Waals surface area contributed by atoms with E-state index >= 15 is 0 Å². The lowest BCUT2D eigenvalue weighted by atomic mass is 10.1. The summed E-state index contributed by atoms with van der Waals surface area (Å²) in [6.45, 7) is -0.144. The molecule has 0 radical (unpaired) electrons. The normalized spacial score (nSPS) is 11.7. The van der Waals surface area contributed by atoms with Crippen LogP contribution in [0.15, 0.2) is 29.2 Å². The van der Waals surface area contributed by atoms with Crippen LogP contribution in [0.5, 0.6) is 5.75 Å². The van der Waals surface area contributed by atoms with Gasteiger partial charge < -0.3 is 5.11 Å². The molecule has 2 aromatic rings. The molecule has 0 saturated heterocycles. The van der Waals surface area contributed by atoms with Crippen molar-refractivity contribution < 1.29 is 22.7 Å². The Morgan fingerprint density at radius 2 is 1.95 bits per heavy atom. The summed E-state index contributed by atoms with van der Waals surface area (Å²) in [6.07, 6.45) is -4.18. The van der Waals surface area contributed by atoms with E-state index in [4.69, 9.17) is 11.6 Å². The summed E-state index contributed by atoms with van der Waals surface area (Å²) in [5.74, 6) is -1.02. The van der Waals surface area contributed by atoms with E-state index < -0.39 is 23.1 Å². The smallest absolute Gasteiger partial charge is 0.418 e. The summed E-state index contributed by atoms with van der Waals surface area (Å²) < 4.78 is 51.6. The van der Waals surface area contributed by atoms with Crippen molar-refractivity contribution in [1.82, 2.24) is 9.78 Å². The molecule has 0 unspecified atom stereocenters. The number of alkyl halides is 3. The summed E-state index contributed by atoms with van der Waals surface area (Å²) >= 11 is 5.52. The third-order valence-electron chi connectivity index (χ3n) is 2.91. The van der Waals surface area contributed by atoms with Gasteiger partial charge in [0.15, 0.2) is 0 Å². The van der Waals surface area contributed by atoms with Crippen molar-refractivity contribution in [2.45, 2.75) is 19.1 Å². The lowest BCUT2D eigenvalue weighted by molar-refractivity contribution is -0.138. The fourth-order valence-electron chi connectivity index (χ4n) is 1.76. The minimum absolute atomic E-state index is 0.0468. The molecular weight excluding hydrogens is 328 g/mol. The molecule has 0 atom stereocenters. The van der Waals surface area contributed by atoms with Crippen LogP contribution in [0.2, 0.25) is 5.02 Å². The molecule has 1 aromatic heterocycles. The average molecular weight is 337 g/mol. The second-order valence-electron chi connectivity index (χ2n) is 4.45. The Morgan fingerprint density at radius 3 is 2.55 bits per heavy atom. The summed E-state index contributed by atoms with van der Waals surface area (Å²) in [4.78, 5) is 11.6. The number of rotatable bonds is 3. The van der Waals surface area contributed by atoms with Crippen molar-refractivity contribution in [3.8, 4) is 5.75 Å². The van der Waals surface area contributed by atoms with E-state index in [1.807, 2.05) is 0 Å². The zero-order valence-electron chi connectivity index (χ0n) is 10.9. The average Bonchev–Trinajstić information content (AvgIpc) is 2.41. The highest BCUT2D eigenvalue weighted by atomic mass is 35.5. The minimum Gasteiger partial charge on any atom is -0.506 e. The largest absolute Gasteiger partial charge is 0.506 e. The summed E-state index contributed by atoms with van der Waals surface area (Å²) in [6, 6.07) is 2.42. The van der Waals surface area contributed by atoms with Gasteiger partial charge in [-0.15, -0.1) is 0 Å². The predicted molar refractivity (Wildman–Crippen MR) is 70.3 cm³/mol. The fraction of sp³-hybridized carbons (Fsp3) is 0.231. The number of phenolic OH excluding ortho intramolecular Hbond substituents is 1. The predicted octanol–water partition coefficient (Wildman–Crippen LogP) is 3.00. The molecule has 2 rings (SSSR count). The van der Waals surface area contributed by atoms with Crippen molar-refractivity contribution >= 4 is 11.6 Å². The van der Waals surface area contributed by atoms with Gasteiger partial charge in [0.05, 0.1) is 16.8 Å². The molecule has 1 aromatic carbocycles. The van der Waals surface area contributed by atoms with Crippen molar-refractivity contribution in [1.29, 1.82) is 0 Å². The van der Waals surface area contributed by atoms with E-state index in [2.05, 4.69) is 5.10 Å². The number of hydrogen-bond donors (Lipinski definition) is 1. The number of aromatic hydroxyl groups is 1. The van der Waals surface area contributed by atoms with Gasteiger partial charge in [0.1, 0.15) is 11.6 Å². The molecule has 0 saturated carbocycles. The Bertz CT molecular complexity index is 759. The van der Waals surface area contributed by atoms with Crippen molar-refractivity contribution in [3.05, 3.63) is 56.7 Å². The molecule has 118 valence electrons. The molecular formula is C13H9ClF4N2O2. The van der Waals surface area contributed by atoms with E-state index in [1.54, 1.807) is 0 Å². The van der Waals surface area contributed by atoms with E-state index in [-0.39, 0.29) is 29.3 Å². The second kappa shape index (κ2) is 5.96. The zero-order valence-corrected chi connectivity index (χ0v) is 11.6. The number of aromatic nitrogens is 2. The van der Waals surface area contributed by atoms with Crippen LogP contribution in [-0.4, -0.2) is 14.9 Å². The highest BCUT2D eigenvalue weighted by Gasteiger charge is 2.31. The van der Waals surface area contributed by atoms with Crippen LogP contribution in [0, 0.1) is 5.82 Å². The maximum Gasteiger partial charge on any atom is 0.418 e. The van der Waals surface area contributed by atoms with Gasteiger partial charge in [0, 0.05) is 12.6 Å². The maximum atomic E-state index is 13.6. The Labute approximate surface area is 126 Å². The molecule has 0 aliphatic carbocycles. The van der Waals surface area contributed by atoms with Gasteiger partial charge in [-0.25, -0.2) is 9.07 Å². The van der Waals surface area contributed by atoms with Crippen LogP contribution in [-0.2, 0) is 19.1 Å². The van der Waals surface area contributed by atoms with Crippen LogP contribution < -0.4 is 5.56 Å². The Kier molecular flexibility index (Phi) is 4.41. The first kappa shape index (κ1) is 16.3. The van der Waals surface area contributed by atoms with E-state index in [1.165, 1.54) is 0 Å². The van der Waals surface area contributed by atoms with Gasteiger partial charge in [-0.1, -0.05) is 11.6 Å². The lowest BCUT2D eigenvalue weighted by Gasteiger charge is -2.09. The highest BCUT2D eigenvalue weighted by molar-refractivity contribution is 6.32. The van der Waals surface area contributed by atoms with Crippen molar-refractivity contribution in [2.75, 3.05) is 0 Å². The minimum atomic E-state index is -4.65. The van der Waals surface area contributed by atoms with Crippen LogP contribution in [0.25, 0.3) is 0 Å². The Morgan fingerprint density at radius 1 is 1.27 bits per heavy atom. The molecule has 0 fully saturated rings. The Hall–Kier alpha value is -2.09. The fourth-order valence-corrected chi connectivity index (χ4v) is 1.91. The first-order valence-electron chi connectivity index (χ1n) is 5.99. The highest BCUT2D eigenvalue weighted by Crippen LogP contribution is 2.28. The van der Waals surface area contributed by atoms with Gasteiger partial charge in [-0.05, 0) is 24.1 Å². The van der Waals surface area contributed by atoms with Gasteiger partial charge >= 0.3 is 6.18 Å². The van der Waals surface area contributed by atoms with Crippen LogP contribution in [0.3, 0.4) is 0 Å². The quantitative estimate of drug-likeness (QED) is 0.877. The summed E-state index contributed by atoms with van der Waals surface area (Å²) in [7, 11) is 0. The van der Waals surface area contributed by atoms with Gasteiger partial charge in [0.25, 0.3) is 5.56 Å². The van der Waals surface area contributed by atoms with Crippen molar-refractivity contribution in [2.24, 2.45) is 0 Å². The molecule has 4 nitrogen and oxygen atoms in total. The van der Waals surface area contributed by atoms with Crippen LogP contribution in [0.1, 0.15) is 11.1 Å². The molecule has 0 spiro atoms. The molecule has 1 N–H and O–H groups in total. The SMILES string of the molecule is O=c1cc(C(F)(F)F)cnn1CCc1cc(O)c(Cl)cc1F. The van der Waals surface area contributed by atoms with E-state index in [9.17, 15) is 27.5 Å². The zero-order chi connectivity index (χ0) is 16.5. The number of aryl methyl sites for hydroxylation is 2. The molecule has 0 amide bonds. The standard InChI is InChI=1S/C13H9ClF4N2O2/c14-9-5-10(15)7(3-11(9)21)1-2-20-12(22)4-8(6-19-20)13(16,17)18/h3-6,21H,1-2H2. The number of phenols is 1. The molecule has 9 heteroatoms. The van der Waals surface area contributed by atoms with Gasteiger partial charge in [-0.2, -0.15) is 18.3 Å². The second-order valence-corrected chi connectivity index (χ2v) is 4.86. The third kappa shape index (κ3) is 3.56. The number of benzene rings is 1. The van der Waals surface area contributed by atoms with Crippen LogP contribution in [0.4, 0.5) is 17.6 Å². The van der Waals surface area contributed by atoms with E-state index in [0.717, 1.165) is 16.8 Å². The van der Waals surface area contributed by atoms with Gasteiger partial charge in [0.2, 0.25) is 0 Å². The third-order valence-corrected chi connectivity index (χ3v) is 3.21. The lowest BCUT2D eigenvalue weighted by Crippen LogP contribution is -2.25. The van der Waals surface area contributed by atoms with Crippen LogP contribution >= 0.6 is 11.6 Å². The summed E-state index contributed by atoms with van der Waals surface area (Å²) in [5, 5.41) is 12.6. The number of halogens is 5. The van der Waals surface area contributed by atoms with E-state index in [0.29, 0.717) is 12.3 Å². The monoisotopic (exact) mass is 336 g/mol. The first-order chi connectivity index (χ1) is 10.2. The van der Waals surface area contributed by atoms with Crippen molar-refractivity contribution in [3.63, 3.8) is 0 Å². The number of nitrogens with zero attached hydrogens (tertiary/aromatic N) is 2. The molecule has 0 aliphatic rings. The Balaban J connectivity index is 2.19. The van der Waals surface area contributed by atoms with Gasteiger partial charge in [-0.3, -0.25) is 4.79 Å². The maximum absolute atomic E-state index is 13.6. The molecule has 22 heavy (non-hydrogen) atoms. The molecule has 0 aliphatic heterocycles.